The van der Waals surface area contributed by atoms with Crippen molar-refractivity contribution in [3.05, 3.63) is 0 Å². The fourth-order valence-electron chi connectivity index (χ4n) is 0.433. The highest BCUT2D eigenvalue weighted by molar-refractivity contribution is 8.81. The van der Waals surface area contributed by atoms with Gasteiger partial charge in [0.25, 0.3) is 0 Å². The number of rotatable bonds is 0. The summed E-state index contributed by atoms with van der Waals surface area (Å²) < 4.78 is 0. The Labute approximate surface area is 364 Å². The molecule has 0 fully saturated rings. The highest BCUT2D eigenvalue weighted by Crippen LogP contribution is 1.46. The monoisotopic (exact) mass is 1340 g/mol. The summed E-state index contributed by atoms with van der Waals surface area (Å²) in [5.74, 6) is 0. The molecule has 0 saturated heterocycles. The molecule has 252 valence electrons. The SMILES string of the molecule is P=S=S=S=S=S=S=S=S=S=S=S=S=S=S=S=S=S=S=S=S=S=S=S=S=S=S=S=S=S=S=S=S=S=S=S=S=S=S=S=S=S. The highest BCUT2D eigenvalue weighted by Gasteiger charge is 1.44. The van der Waals surface area contributed by atoms with Gasteiger partial charge in [-0.3, -0.25) is 0 Å². The summed E-state index contributed by atoms with van der Waals surface area (Å²) in [6, 6.07) is 0. The van der Waals surface area contributed by atoms with Crippen LogP contribution in [0.15, 0.2) is 0 Å². The zero-order chi connectivity index (χ0) is 30.3. The summed E-state index contributed by atoms with van der Waals surface area (Å²) in [6.07, 6.45) is 0. The van der Waals surface area contributed by atoms with Crippen molar-refractivity contribution in [3.8, 4) is 0 Å². The van der Waals surface area contributed by atoms with Crippen molar-refractivity contribution in [2.24, 2.45) is 0 Å². The maximum atomic E-state index is 4.81. The van der Waals surface area contributed by atoms with E-state index < -0.39 is 0 Å². The van der Waals surface area contributed by atoms with E-state index in [0.717, 1.165) is 0 Å². The summed E-state index contributed by atoms with van der Waals surface area (Å²) >= 11 is 4.81. The van der Waals surface area contributed by atoms with Gasteiger partial charge in [-0.1, -0.05) is 9.50 Å². The van der Waals surface area contributed by atoms with Crippen LogP contribution in [0.1, 0.15) is 0 Å². The molecular weight excluding hydrogens is 1350 g/mol. The second-order valence-electron chi connectivity index (χ2n) is 2.74. The topological polar surface area (TPSA) is 0 Å². The maximum absolute atomic E-state index is 4.81. The lowest BCUT2D eigenvalue weighted by Crippen LogP contribution is -1.41. The summed E-state index contributed by atoms with van der Waals surface area (Å²) in [5, 5.41) is 0. The Morgan fingerprint density at radius 3 is 0.429 bits per heavy atom. The molecule has 0 bridgehead atoms. The van der Waals surface area contributed by atoms with Crippen LogP contribution in [0.3, 0.4) is 0 Å². The van der Waals surface area contributed by atoms with Gasteiger partial charge >= 0.3 is 0 Å². The molecule has 0 unspecified atom stereocenters. The first-order chi connectivity index (χ1) is 20.9. The van der Waals surface area contributed by atoms with Crippen LogP contribution < -0.4 is 0 Å². The Bertz CT molecular complexity index is 2560. The van der Waals surface area contributed by atoms with Crippen LogP contribution in [0.5, 0.6) is 0 Å². The molecule has 0 saturated carbocycles. The van der Waals surface area contributed by atoms with Gasteiger partial charge in [-0.05, 0) is 79.1 Å². The molecule has 0 amide bonds. The third kappa shape index (κ3) is 49.3. The summed E-state index contributed by atoms with van der Waals surface area (Å²) in [4.78, 5) is 0. The Morgan fingerprint density at radius 2 is 0.310 bits per heavy atom. The second kappa shape index (κ2) is 50.3. The molecule has 0 aliphatic heterocycles. The molecule has 42 heteroatoms. The van der Waals surface area contributed by atoms with Gasteiger partial charge in [0.05, 0.1) is 0 Å². The van der Waals surface area contributed by atoms with Crippen LogP contribution in [-0.2, 0) is 367 Å². The average molecular weight is 1350 g/mol. The molecule has 0 radical (unpaired) electrons. The van der Waals surface area contributed by atoms with Gasteiger partial charge in [0, 0.05) is 286 Å². The first kappa shape index (κ1) is 51.3. The van der Waals surface area contributed by atoms with Crippen LogP contribution in [0.2, 0.25) is 0 Å². The van der Waals surface area contributed by atoms with E-state index in [-0.39, 0.29) is 0 Å². The van der Waals surface area contributed by atoms with Crippen molar-refractivity contribution in [1.29, 1.82) is 0 Å². The predicted molar refractivity (Wildman–Crippen MR) is 310 cm³/mol. The molecule has 0 N–H and O–H groups in total. The van der Waals surface area contributed by atoms with Gasteiger partial charge in [0.15, 0.2) is 0 Å². The molecule has 0 nitrogen and oxygen atoms in total. The number of hydrogen-bond acceptors (Lipinski definition) is 1. The second-order valence-corrected chi connectivity index (χ2v) is 73.9. The lowest BCUT2D eigenvalue weighted by Gasteiger charge is -1.41. The van der Waals surface area contributed by atoms with Crippen LogP contribution in [0, 0.1) is 0 Å². The minimum atomic E-state index is 1.37. The van der Waals surface area contributed by atoms with E-state index in [1.807, 2.05) is 249 Å². The molecular formula is HPS41. The van der Waals surface area contributed by atoms with Crippen molar-refractivity contribution in [3.63, 3.8) is 0 Å². The zero-order valence-electron chi connectivity index (χ0n) is 17.2. The van der Waals surface area contributed by atoms with Gasteiger partial charge in [-0.25, -0.2) is 0 Å². The molecule has 0 spiro atoms. The largest absolute Gasteiger partial charge is 0.0540 e. The van der Waals surface area contributed by atoms with Crippen LogP contribution >= 0.6 is 8.02 Å². The molecule has 0 aromatic carbocycles. The third-order valence-corrected chi connectivity index (χ3v) is 88.3. The Kier molecular flexibility index (Phi) is 61.5. The van der Waals surface area contributed by atoms with Crippen LogP contribution in [0.25, 0.3) is 0 Å². The lowest BCUT2D eigenvalue weighted by molar-refractivity contribution is 5.96. The van der Waals surface area contributed by atoms with Gasteiger partial charge in [0.2, 0.25) is 0 Å². The van der Waals surface area contributed by atoms with E-state index in [4.69, 9.17) is 11.2 Å². The van der Waals surface area contributed by atoms with E-state index >= 15 is 0 Å². The summed E-state index contributed by atoms with van der Waals surface area (Å²) in [7, 11) is 75.0. The Hall–Kier alpha value is 9.32. The van der Waals surface area contributed by atoms with E-state index in [0.29, 0.717) is 0 Å². The number of hydrogen-bond donors (Lipinski definition) is 0. The normalized spacial score (nSPS) is 7.71. The molecule has 0 aliphatic rings. The quantitative estimate of drug-likeness (QED) is 0.319. The first-order valence-electron chi connectivity index (χ1n) is 6.87. The van der Waals surface area contributed by atoms with Gasteiger partial charge in [-0.15, -0.1) is 0 Å². The van der Waals surface area contributed by atoms with Gasteiger partial charge in [-0.2, -0.15) is 0 Å². The fourth-order valence-corrected chi connectivity index (χ4v) is 105. The van der Waals surface area contributed by atoms with E-state index in [1.165, 1.54) is 8.88 Å². The van der Waals surface area contributed by atoms with Crippen LogP contribution in [0.4, 0.5) is 0 Å². The fraction of sp³-hybridized carbons (Fsp3) is 0. The van der Waals surface area contributed by atoms with Gasteiger partial charge < -0.3 is 0 Å². The minimum Gasteiger partial charge on any atom is -0.0540 e. The standard InChI is InChI=1S/HPS41/c1-3-5-7-9-11-13-15-17-19-21-23-25-27-29-31-33-35-37-39-41-42-40-38-36-34-32-30-28-26-24-22-20-18-16-14-12-10-8-6-4-2/h1H. The maximum Gasteiger partial charge on any atom is 0 e. The average Bonchev–Trinajstić information content (AvgIpc) is 3.00. The minimum absolute atomic E-state index is 1.37. The van der Waals surface area contributed by atoms with E-state index in [1.54, 1.807) is 98.3 Å². The summed E-state index contributed by atoms with van der Waals surface area (Å²) in [5.41, 5.74) is 0. The van der Waals surface area contributed by atoms with Crippen molar-refractivity contribution in [1.82, 2.24) is 0 Å². The highest BCUT2D eigenvalue weighted by atomic mass is 33.5. The zero-order valence-corrected chi connectivity index (χ0v) is 51.7. The molecule has 0 rings (SSSR count). The molecule has 0 aromatic rings. The van der Waals surface area contributed by atoms with E-state index in [9.17, 15) is 0 Å². The predicted octanol–water partition coefficient (Wildman–Crippen LogP) is 0.495. The Morgan fingerprint density at radius 1 is 0.190 bits per heavy atom. The third-order valence-electron chi connectivity index (χ3n) is 1.09. The van der Waals surface area contributed by atoms with Gasteiger partial charge in [0.1, 0.15) is 0 Å². The molecule has 0 heterocycles. The van der Waals surface area contributed by atoms with E-state index in [2.05, 4.69) is 8.02 Å². The molecule has 0 atom stereocenters. The Balaban J connectivity index is 6.04. The lowest BCUT2D eigenvalue weighted by atomic mass is 30.5. The van der Waals surface area contributed by atoms with Crippen molar-refractivity contribution in [2.45, 2.75) is 0 Å². The molecule has 0 aromatic heterocycles. The van der Waals surface area contributed by atoms with Crippen molar-refractivity contribution < 1.29 is 0 Å². The molecule has 0 aliphatic carbocycles. The summed E-state index contributed by atoms with van der Waals surface area (Å²) in [6.45, 7) is 0. The van der Waals surface area contributed by atoms with Crippen LogP contribution in [-0.4, -0.2) is 0 Å². The smallest absolute Gasteiger partial charge is 0 e. The molecule has 42 heavy (non-hydrogen) atoms. The van der Waals surface area contributed by atoms with Crippen molar-refractivity contribution >= 4 is 375 Å². The van der Waals surface area contributed by atoms with Crippen molar-refractivity contribution in [2.75, 3.05) is 0 Å². The first-order valence-corrected chi connectivity index (χ1v) is 61.8.